The molecule has 2 rings (SSSR count). The second-order valence-corrected chi connectivity index (χ2v) is 4.70. The number of rotatable bonds is 4. The van der Waals surface area contributed by atoms with Crippen LogP contribution in [0.3, 0.4) is 0 Å². The average Bonchev–Trinajstić information content (AvgIpc) is 2.53. The summed E-state index contributed by atoms with van der Waals surface area (Å²) < 4.78 is 0. The van der Waals surface area contributed by atoms with Crippen LogP contribution in [-0.2, 0) is 0 Å². The molecule has 0 saturated heterocycles. The highest BCUT2D eigenvalue weighted by molar-refractivity contribution is 5.97. The summed E-state index contributed by atoms with van der Waals surface area (Å²) >= 11 is 0. The lowest BCUT2D eigenvalue weighted by Crippen LogP contribution is -2.17. The molecule has 1 aromatic heterocycles. The Hall–Kier alpha value is -2.83. The van der Waals surface area contributed by atoms with E-state index in [9.17, 15) is 0 Å². The van der Waals surface area contributed by atoms with Crippen LogP contribution >= 0.6 is 0 Å². The number of nitrogens with zero attached hydrogens (tertiary/aromatic N) is 5. The smallest absolute Gasteiger partial charge is 0.226 e. The third-order valence-electron chi connectivity index (χ3n) is 3.03. The minimum absolute atomic E-state index is 0.0844. The molecular weight excluding hydrogens is 268 g/mol. The van der Waals surface area contributed by atoms with Crippen molar-refractivity contribution in [3.8, 4) is 0 Å². The first kappa shape index (κ1) is 14.6. The number of hydrogen-bond acceptors (Lipinski definition) is 6. The largest absolute Gasteiger partial charge is 0.409 e. The second kappa shape index (κ2) is 6.08. The van der Waals surface area contributed by atoms with Gasteiger partial charge in [0.2, 0.25) is 5.95 Å². The number of hydrogen-bond donors (Lipinski definition) is 2. The molecule has 0 radical (unpaired) electrons. The molecule has 0 saturated carbocycles. The van der Waals surface area contributed by atoms with Crippen LogP contribution in [0, 0.1) is 0 Å². The minimum Gasteiger partial charge on any atom is -0.409 e. The number of amidine groups is 1. The molecule has 0 fully saturated rings. The Kier molecular flexibility index (Phi) is 4.22. The van der Waals surface area contributed by atoms with E-state index in [1.807, 2.05) is 49.1 Å². The zero-order chi connectivity index (χ0) is 15.4. The molecule has 0 aliphatic rings. The highest BCUT2D eigenvalue weighted by Gasteiger charge is 2.08. The van der Waals surface area contributed by atoms with Crippen LogP contribution in [0.5, 0.6) is 0 Å². The minimum atomic E-state index is 0.0844. The van der Waals surface area contributed by atoms with Gasteiger partial charge >= 0.3 is 0 Å². The normalized spacial score (nSPS) is 11.3. The molecule has 0 bridgehead atoms. The Morgan fingerprint density at radius 1 is 1.14 bits per heavy atom. The predicted octanol–water partition coefficient (Wildman–Crippen LogP) is 1.40. The van der Waals surface area contributed by atoms with Crippen molar-refractivity contribution < 1.29 is 5.21 Å². The van der Waals surface area contributed by atoms with Gasteiger partial charge in [-0.15, -0.1) is 0 Å². The molecule has 2 aromatic rings. The van der Waals surface area contributed by atoms with Crippen LogP contribution in [0.25, 0.3) is 0 Å². The van der Waals surface area contributed by atoms with E-state index in [0.29, 0.717) is 11.5 Å². The highest BCUT2D eigenvalue weighted by atomic mass is 16.4. The van der Waals surface area contributed by atoms with Crippen LogP contribution in [0.15, 0.2) is 41.7 Å². The van der Waals surface area contributed by atoms with Gasteiger partial charge < -0.3 is 20.7 Å². The van der Waals surface area contributed by atoms with Gasteiger partial charge in [0.05, 0.1) is 0 Å². The number of benzene rings is 1. The number of oxime groups is 1. The standard InChI is InChI=1S/C14H18N6O/c1-19(2)14-16-9-8-12(17-14)20(3)11-6-4-10(5-7-11)13(15)18-21/h4-9,21H,1-3H3,(H2,15,18). The van der Waals surface area contributed by atoms with Gasteiger partial charge in [0.25, 0.3) is 0 Å². The SMILES string of the molecule is CN(C)c1nccc(N(C)c2ccc(C(N)=NO)cc2)n1. The first-order valence-corrected chi connectivity index (χ1v) is 6.35. The van der Waals surface area contributed by atoms with Gasteiger partial charge in [0.15, 0.2) is 5.84 Å². The molecule has 7 heteroatoms. The summed E-state index contributed by atoms with van der Waals surface area (Å²) in [5.74, 6) is 1.51. The maximum Gasteiger partial charge on any atom is 0.226 e. The maximum atomic E-state index is 8.66. The number of nitrogens with two attached hydrogens (primary N) is 1. The molecule has 1 aromatic carbocycles. The van der Waals surface area contributed by atoms with Crippen LogP contribution in [-0.4, -0.2) is 42.2 Å². The van der Waals surface area contributed by atoms with E-state index in [2.05, 4.69) is 15.1 Å². The topological polar surface area (TPSA) is 90.9 Å². The van der Waals surface area contributed by atoms with Crippen LogP contribution in [0.2, 0.25) is 0 Å². The van der Waals surface area contributed by atoms with Crippen molar-refractivity contribution in [2.24, 2.45) is 10.9 Å². The summed E-state index contributed by atoms with van der Waals surface area (Å²) in [6.07, 6.45) is 1.72. The van der Waals surface area contributed by atoms with Gasteiger partial charge in [0, 0.05) is 38.6 Å². The zero-order valence-corrected chi connectivity index (χ0v) is 12.2. The molecule has 0 amide bonds. The Bertz CT molecular complexity index is 638. The fourth-order valence-electron chi connectivity index (χ4n) is 1.79. The van der Waals surface area contributed by atoms with E-state index in [0.717, 1.165) is 11.5 Å². The van der Waals surface area contributed by atoms with Crippen molar-refractivity contribution in [2.75, 3.05) is 30.9 Å². The van der Waals surface area contributed by atoms with E-state index < -0.39 is 0 Å². The Morgan fingerprint density at radius 3 is 2.38 bits per heavy atom. The molecule has 0 atom stereocenters. The van der Waals surface area contributed by atoms with Crippen LogP contribution < -0.4 is 15.5 Å². The third-order valence-corrected chi connectivity index (χ3v) is 3.03. The molecule has 1 heterocycles. The van der Waals surface area contributed by atoms with Crippen molar-refractivity contribution in [2.45, 2.75) is 0 Å². The van der Waals surface area contributed by atoms with E-state index in [-0.39, 0.29) is 5.84 Å². The molecule has 0 aliphatic heterocycles. The first-order valence-electron chi connectivity index (χ1n) is 6.35. The van der Waals surface area contributed by atoms with Crippen molar-refractivity contribution in [1.29, 1.82) is 0 Å². The molecule has 3 N–H and O–H groups in total. The van der Waals surface area contributed by atoms with Gasteiger partial charge in [-0.3, -0.25) is 0 Å². The van der Waals surface area contributed by atoms with Crippen molar-refractivity contribution >= 4 is 23.3 Å². The average molecular weight is 286 g/mol. The van der Waals surface area contributed by atoms with Gasteiger partial charge in [-0.25, -0.2) is 4.98 Å². The van der Waals surface area contributed by atoms with Crippen LogP contribution in [0.4, 0.5) is 17.5 Å². The fraction of sp³-hybridized carbons (Fsp3) is 0.214. The van der Waals surface area contributed by atoms with E-state index in [4.69, 9.17) is 10.9 Å². The van der Waals surface area contributed by atoms with Gasteiger partial charge in [0.1, 0.15) is 5.82 Å². The quantitative estimate of drug-likeness (QED) is 0.382. The Balaban J connectivity index is 2.27. The number of aromatic nitrogens is 2. The summed E-state index contributed by atoms with van der Waals surface area (Å²) in [5, 5.41) is 11.6. The molecular formula is C14H18N6O. The second-order valence-electron chi connectivity index (χ2n) is 4.70. The fourth-order valence-corrected chi connectivity index (χ4v) is 1.79. The van der Waals surface area contributed by atoms with Gasteiger partial charge in [-0.1, -0.05) is 5.16 Å². The number of anilines is 3. The molecule has 0 spiro atoms. The van der Waals surface area contributed by atoms with E-state index in [1.54, 1.807) is 18.3 Å². The first-order chi connectivity index (χ1) is 10.0. The molecule has 110 valence electrons. The lowest BCUT2D eigenvalue weighted by Gasteiger charge is -2.20. The lowest BCUT2D eigenvalue weighted by molar-refractivity contribution is 0.318. The summed E-state index contributed by atoms with van der Waals surface area (Å²) in [7, 11) is 5.70. The Labute approximate surface area is 123 Å². The summed E-state index contributed by atoms with van der Waals surface area (Å²) in [6.45, 7) is 0. The van der Waals surface area contributed by atoms with Crippen molar-refractivity contribution in [3.63, 3.8) is 0 Å². The highest BCUT2D eigenvalue weighted by Crippen LogP contribution is 2.22. The monoisotopic (exact) mass is 286 g/mol. The van der Waals surface area contributed by atoms with Crippen LogP contribution in [0.1, 0.15) is 5.56 Å². The van der Waals surface area contributed by atoms with E-state index >= 15 is 0 Å². The zero-order valence-electron chi connectivity index (χ0n) is 12.2. The molecule has 21 heavy (non-hydrogen) atoms. The predicted molar refractivity (Wildman–Crippen MR) is 83.4 cm³/mol. The van der Waals surface area contributed by atoms with Crippen molar-refractivity contribution in [3.05, 3.63) is 42.1 Å². The van der Waals surface area contributed by atoms with Gasteiger partial charge in [-0.2, -0.15) is 4.98 Å². The summed E-state index contributed by atoms with van der Waals surface area (Å²) in [5.41, 5.74) is 7.14. The summed E-state index contributed by atoms with van der Waals surface area (Å²) in [4.78, 5) is 12.4. The van der Waals surface area contributed by atoms with E-state index in [1.165, 1.54) is 0 Å². The van der Waals surface area contributed by atoms with Crippen molar-refractivity contribution in [1.82, 2.24) is 9.97 Å². The molecule has 0 aliphatic carbocycles. The van der Waals surface area contributed by atoms with Gasteiger partial charge in [-0.05, 0) is 30.3 Å². The Morgan fingerprint density at radius 2 is 1.81 bits per heavy atom. The maximum absolute atomic E-state index is 8.66. The molecule has 0 unspecified atom stereocenters. The lowest BCUT2D eigenvalue weighted by atomic mass is 10.2. The third kappa shape index (κ3) is 3.19. The summed E-state index contributed by atoms with van der Waals surface area (Å²) in [6, 6.07) is 9.17. The molecule has 7 nitrogen and oxygen atoms in total.